The molecule has 4 heteroatoms. The van der Waals surface area contributed by atoms with Crippen molar-refractivity contribution in [1.29, 1.82) is 0 Å². The average molecular weight is 239 g/mol. The molecule has 1 rings (SSSR count). The standard InChI is InChI=1S/C13H21NO3/c1-5-16-11-7-10(9-14(3)4)8-12(13(11)15)17-6-2/h7-8,15H,5-6,9H2,1-4H3. The number of hydrogen-bond donors (Lipinski definition) is 1. The number of aromatic hydroxyl groups is 1. The zero-order chi connectivity index (χ0) is 12.8. The van der Waals surface area contributed by atoms with Gasteiger partial charge in [0.25, 0.3) is 0 Å². The first-order chi connectivity index (χ1) is 8.08. The molecule has 0 aromatic heterocycles. The maximum atomic E-state index is 9.95. The van der Waals surface area contributed by atoms with E-state index in [0.29, 0.717) is 24.7 Å². The van der Waals surface area contributed by atoms with E-state index in [1.807, 2.05) is 40.1 Å². The van der Waals surface area contributed by atoms with Crippen molar-refractivity contribution < 1.29 is 14.6 Å². The lowest BCUT2D eigenvalue weighted by molar-refractivity contribution is 0.287. The lowest BCUT2D eigenvalue weighted by atomic mass is 10.1. The van der Waals surface area contributed by atoms with E-state index in [1.165, 1.54) is 0 Å². The van der Waals surface area contributed by atoms with E-state index in [0.717, 1.165) is 12.1 Å². The third kappa shape index (κ3) is 3.82. The van der Waals surface area contributed by atoms with Gasteiger partial charge in [0.15, 0.2) is 11.5 Å². The van der Waals surface area contributed by atoms with Crippen molar-refractivity contribution in [2.45, 2.75) is 20.4 Å². The molecule has 0 bridgehead atoms. The van der Waals surface area contributed by atoms with Gasteiger partial charge in [-0.1, -0.05) is 0 Å². The predicted octanol–water partition coefficient (Wildman–Crippen LogP) is 2.25. The number of benzene rings is 1. The van der Waals surface area contributed by atoms with Crippen LogP contribution in [0.15, 0.2) is 12.1 Å². The zero-order valence-corrected chi connectivity index (χ0v) is 11.0. The van der Waals surface area contributed by atoms with Gasteiger partial charge >= 0.3 is 0 Å². The van der Waals surface area contributed by atoms with E-state index in [4.69, 9.17) is 9.47 Å². The number of rotatable bonds is 6. The molecule has 0 aliphatic heterocycles. The molecule has 0 unspecified atom stereocenters. The van der Waals surface area contributed by atoms with Gasteiger partial charge in [-0.15, -0.1) is 0 Å². The highest BCUT2D eigenvalue weighted by atomic mass is 16.5. The molecule has 1 N–H and O–H groups in total. The molecule has 0 amide bonds. The van der Waals surface area contributed by atoms with Crippen molar-refractivity contribution >= 4 is 0 Å². The molecule has 0 fully saturated rings. The molecule has 0 atom stereocenters. The predicted molar refractivity (Wildman–Crippen MR) is 67.8 cm³/mol. The highest BCUT2D eigenvalue weighted by molar-refractivity contribution is 5.52. The van der Waals surface area contributed by atoms with Gasteiger partial charge in [-0.25, -0.2) is 0 Å². The molecule has 0 aliphatic carbocycles. The molecule has 1 aromatic rings. The fraction of sp³-hybridized carbons (Fsp3) is 0.538. The molecule has 0 heterocycles. The summed E-state index contributed by atoms with van der Waals surface area (Å²) >= 11 is 0. The van der Waals surface area contributed by atoms with Crippen molar-refractivity contribution in [3.63, 3.8) is 0 Å². The van der Waals surface area contributed by atoms with Crippen LogP contribution in [0, 0.1) is 0 Å². The van der Waals surface area contributed by atoms with Crippen LogP contribution in [0.4, 0.5) is 0 Å². The Kier molecular flexibility index (Phi) is 5.10. The molecular weight excluding hydrogens is 218 g/mol. The summed E-state index contributed by atoms with van der Waals surface area (Å²) in [6.07, 6.45) is 0. The van der Waals surface area contributed by atoms with Crippen LogP contribution in [0.25, 0.3) is 0 Å². The van der Waals surface area contributed by atoms with Gasteiger partial charge in [0.1, 0.15) is 0 Å². The Bertz CT molecular complexity index is 337. The maximum absolute atomic E-state index is 9.95. The quantitative estimate of drug-likeness (QED) is 0.826. The minimum Gasteiger partial charge on any atom is -0.502 e. The molecule has 4 nitrogen and oxygen atoms in total. The highest BCUT2D eigenvalue weighted by Crippen LogP contribution is 2.37. The summed E-state index contributed by atoms with van der Waals surface area (Å²) in [4.78, 5) is 2.05. The van der Waals surface area contributed by atoms with Gasteiger partial charge in [-0.05, 0) is 45.6 Å². The van der Waals surface area contributed by atoms with Crippen molar-refractivity contribution in [2.75, 3.05) is 27.3 Å². The van der Waals surface area contributed by atoms with Crippen molar-refractivity contribution in [3.8, 4) is 17.2 Å². The third-order valence-corrected chi connectivity index (χ3v) is 2.20. The van der Waals surface area contributed by atoms with Crippen LogP contribution < -0.4 is 9.47 Å². The van der Waals surface area contributed by atoms with E-state index in [2.05, 4.69) is 4.90 Å². The molecule has 0 radical (unpaired) electrons. The van der Waals surface area contributed by atoms with E-state index < -0.39 is 0 Å². The molecule has 17 heavy (non-hydrogen) atoms. The van der Waals surface area contributed by atoms with Gasteiger partial charge in [-0.3, -0.25) is 0 Å². The first kappa shape index (κ1) is 13.6. The van der Waals surface area contributed by atoms with Crippen LogP contribution in [0.5, 0.6) is 17.2 Å². The van der Waals surface area contributed by atoms with Crippen LogP contribution >= 0.6 is 0 Å². The number of phenolic OH excluding ortho intramolecular Hbond substituents is 1. The number of ether oxygens (including phenoxy) is 2. The third-order valence-electron chi connectivity index (χ3n) is 2.20. The molecule has 0 saturated heterocycles. The molecular formula is C13H21NO3. The van der Waals surface area contributed by atoms with Crippen molar-refractivity contribution in [2.24, 2.45) is 0 Å². The Morgan fingerprint density at radius 1 is 1.06 bits per heavy atom. The first-order valence-corrected chi connectivity index (χ1v) is 5.84. The Balaban J connectivity index is 3.06. The Labute approximate surface area is 103 Å². The van der Waals surface area contributed by atoms with Gasteiger partial charge in [-0.2, -0.15) is 0 Å². The summed E-state index contributed by atoms with van der Waals surface area (Å²) in [6, 6.07) is 3.70. The molecule has 0 saturated carbocycles. The smallest absolute Gasteiger partial charge is 0.200 e. The lowest BCUT2D eigenvalue weighted by Crippen LogP contribution is -2.11. The number of nitrogens with zero attached hydrogens (tertiary/aromatic N) is 1. The Hall–Kier alpha value is -1.42. The van der Waals surface area contributed by atoms with Crippen molar-refractivity contribution in [1.82, 2.24) is 4.90 Å². The van der Waals surface area contributed by atoms with E-state index in [9.17, 15) is 5.11 Å². The van der Waals surface area contributed by atoms with E-state index in [1.54, 1.807) is 0 Å². The van der Waals surface area contributed by atoms with Crippen LogP contribution in [0.1, 0.15) is 19.4 Å². The van der Waals surface area contributed by atoms with Gasteiger partial charge < -0.3 is 19.5 Å². The maximum Gasteiger partial charge on any atom is 0.200 e. The summed E-state index contributed by atoms with van der Waals surface area (Å²) in [7, 11) is 3.99. The van der Waals surface area contributed by atoms with Gasteiger partial charge in [0.05, 0.1) is 13.2 Å². The Morgan fingerprint density at radius 3 is 1.88 bits per heavy atom. The highest BCUT2D eigenvalue weighted by Gasteiger charge is 2.12. The second kappa shape index (κ2) is 6.35. The normalized spacial score (nSPS) is 10.6. The number of hydrogen-bond acceptors (Lipinski definition) is 4. The van der Waals surface area contributed by atoms with Crippen LogP contribution in [-0.2, 0) is 6.54 Å². The number of phenols is 1. The molecule has 96 valence electrons. The SMILES string of the molecule is CCOc1cc(CN(C)C)cc(OCC)c1O. The summed E-state index contributed by atoms with van der Waals surface area (Å²) in [5.41, 5.74) is 1.06. The second-order valence-electron chi connectivity index (χ2n) is 4.04. The van der Waals surface area contributed by atoms with Gasteiger partial charge in [0, 0.05) is 6.54 Å². The zero-order valence-electron chi connectivity index (χ0n) is 11.0. The van der Waals surface area contributed by atoms with E-state index in [-0.39, 0.29) is 5.75 Å². The first-order valence-electron chi connectivity index (χ1n) is 5.84. The topological polar surface area (TPSA) is 41.9 Å². The van der Waals surface area contributed by atoms with Crippen LogP contribution in [0.2, 0.25) is 0 Å². The lowest BCUT2D eigenvalue weighted by Gasteiger charge is -2.15. The van der Waals surface area contributed by atoms with Crippen LogP contribution in [0.3, 0.4) is 0 Å². The fourth-order valence-electron chi connectivity index (χ4n) is 1.62. The minimum absolute atomic E-state index is 0.0798. The Morgan fingerprint density at radius 2 is 1.53 bits per heavy atom. The molecule has 0 aliphatic rings. The second-order valence-corrected chi connectivity index (χ2v) is 4.04. The fourth-order valence-corrected chi connectivity index (χ4v) is 1.62. The minimum atomic E-state index is 0.0798. The molecule has 1 aromatic carbocycles. The summed E-state index contributed by atoms with van der Waals surface area (Å²) in [5.74, 6) is 1.04. The molecule has 0 spiro atoms. The largest absolute Gasteiger partial charge is 0.502 e. The monoisotopic (exact) mass is 239 g/mol. The van der Waals surface area contributed by atoms with Gasteiger partial charge in [0.2, 0.25) is 5.75 Å². The van der Waals surface area contributed by atoms with Crippen molar-refractivity contribution in [3.05, 3.63) is 17.7 Å². The summed E-state index contributed by atoms with van der Waals surface area (Å²) < 4.78 is 10.8. The summed E-state index contributed by atoms with van der Waals surface area (Å²) in [5, 5.41) is 9.95. The average Bonchev–Trinajstić information content (AvgIpc) is 2.24. The van der Waals surface area contributed by atoms with E-state index >= 15 is 0 Å². The van der Waals surface area contributed by atoms with Crippen LogP contribution in [-0.4, -0.2) is 37.3 Å². The summed E-state index contributed by atoms with van der Waals surface area (Å²) in [6.45, 7) is 5.59.